The molecule has 0 bridgehead atoms. The molecule has 0 saturated heterocycles. The Morgan fingerprint density at radius 1 is 1.42 bits per heavy atom. The van der Waals surface area contributed by atoms with Gasteiger partial charge in [0.15, 0.2) is 0 Å². The number of aryl methyl sites for hydroxylation is 1. The van der Waals surface area contributed by atoms with Gasteiger partial charge in [-0.25, -0.2) is 9.78 Å². The molecule has 1 aromatic heterocycles. The van der Waals surface area contributed by atoms with Gasteiger partial charge in [0.1, 0.15) is 11.3 Å². The molecule has 0 amide bonds. The van der Waals surface area contributed by atoms with Crippen LogP contribution in [0.15, 0.2) is 18.2 Å². The van der Waals surface area contributed by atoms with E-state index in [0.29, 0.717) is 17.5 Å². The second kappa shape index (κ2) is 5.03. The lowest BCUT2D eigenvalue weighted by Crippen LogP contribution is -2.15. The van der Waals surface area contributed by atoms with Gasteiger partial charge in [-0.15, -0.1) is 0 Å². The Kier molecular flexibility index (Phi) is 3.60. The van der Waals surface area contributed by atoms with Gasteiger partial charge in [-0.2, -0.15) is 0 Å². The zero-order valence-corrected chi connectivity index (χ0v) is 11.8. The highest BCUT2D eigenvalue weighted by molar-refractivity contribution is 6.01. The highest BCUT2D eigenvalue weighted by Gasteiger charge is 2.21. The zero-order valence-electron chi connectivity index (χ0n) is 11.8. The number of carboxylic acid groups (broad SMARTS) is 1. The highest BCUT2D eigenvalue weighted by atomic mass is 16.4. The zero-order chi connectivity index (χ0) is 14.2. The van der Waals surface area contributed by atoms with E-state index in [4.69, 9.17) is 0 Å². The predicted molar refractivity (Wildman–Crippen MR) is 75.6 cm³/mol. The summed E-state index contributed by atoms with van der Waals surface area (Å²) in [7, 11) is 0. The van der Waals surface area contributed by atoms with Gasteiger partial charge >= 0.3 is 5.97 Å². The Labute approximate surface area is 113 Å². The molecule has 0 fully saturated rings. The smallest absolute Gasteiger partial charge is 0.337 e. The van der Waals surface area contributed by atoms with Crippen LogP contribution in [0.4, 0.5) is 0 Å². The Hall–Kier alpha value is -1.84. The van der Waals surface area contributed by atoms with Crippen LogP contribution in [0.25, 0.3) is 11.0 Å². The van der Waals surface area contributed by atoms with E-state index in [1.54, 1.807) is 12.1 Å². The minimum atomic E-state index is -0.923. The largest absolute Gasteiger partial charge is 0.478 e. The first kappa shape index (κ1) is 13.6. The molecule has 1 heterocycles. The second-order valence-electron chi connectivity index (χ2n) is 5.23. The summed E-state index contributed by atoms with van der Waals surface area (Å²) >= 11 is 0. The van der Waals surface area contributed by atoms with Crippen molar-refractivity contribution in [3.05, 3.63) is 29.6 Å². The van der Waals surface area contributed by atoms with Gasteiger partial charge in [-0.3, -0.25) is 0 Å². The summed E-state index contributed by atoms with van der Waals surface area (Å²) in [5.74, 6) is 0.437. The average molecular weight is 260 g/mol. The number of rotatable bonds is 4. The summed E-state index contributed by atoms with van der Waals surface area (Å²) in [6, 6.07) is 5.69. The van der Waals surface area contributed by atoms with Gasteiger partial charge < -0.3 is 9.67 Å². The third-order valence-corrected chi connectivity index (χ3v) is 3.65. The number of nitrogens with zero attached hydrogens (tertiary/aromatic N) is 2. The fourth-order valence-electron chi connectivity index (χ4n) is 2.78. The molecule has 0 aliphatic heterocycles. The van der Waals surface area contributed by atoms with Crippen LogP contribution in [0, 0.1) is 12.8 Å². The van der Waals surface area contributed by atoms with Crippen molar-refractivity contribution >= 4 is 17.0 Å². The topological polar surface area (TPSA) is 55.1 Å². The molecule has 0 saturated carbocycles. The maximum atomic E-state index is 11.3. The van der Waals surface area contributed by atoms with Crippen LogP contribution in [0.1, 0.15) is 49.4 Å². The summed E-state index contributed by atoms with van der Waals surface area (Å²) in [4.78, 5) is 15.7. The molecule has 1 aromatic carbocycles. The van der Waals surface area contributed by atoms with E-state index in [1.165, 1.54) is 0 Å². The Morgan fingerprint density at radius 3 is 2.63 bits per heavy atom. The number of benzene rings is 1. The van der Waals surface area contributed by atoms with Crippen LogP contribution in [-0.2, 0) is 0 Å². The van der Waals surface area contributed by atoms with E-state index < -0.39 is 5.97 Å². The van der Waals surface area contributed by atoms with Gasteiger partial charge in [0.2, 0.25) is 0 Å². The van der Waals surface area contributed by atoms with Crippen molar-refractivity contribution in [2.75, 3.05) is 0 Å². The molecule has 0 radical (unpaired) electrons. The molecule has 102 valence electrons. The number of aromatic nitrogens is 2. The number of carbonyl (C=O) groups is 1. The van der Waals surface area contributed by atoms with Crippen LogP contribution in [-0.4, -0.2) is 20.6 Å². The quantitative estimate of drug-likeness (QED) is 0.912. The number of aromatic carboxylic acids is 1. The SMILES string of the molecule is CCC(C(C)C)n1c(C)nc2c(C(=O)O)cccc21. The van der Waals surface area contributed by atoms with Crippen molar-refractivity contribution in [1.29, 1.82) is 0 Å². The molecule has 1 atom stereocenters. The first-order chi connectivity index (χ1) is 8.97. The number of carboxylic acids is 1. The van der Waals surface area contributed by atoms with Gasteiger partial charge in [0, 0.05) is 6.04 Å². The van der Waals surface area contributed by atoms with Crippen LogP contribution >= 0.6 is 0 Å². The van der Waals surface area contributed by atoms with Crippen molar-refractivity contribution < 1.29 is 9.90 Å². The van der Waals surface area contributed by atoms with E-state index in [9.17, 15) is 9.90 Å². The number of para-hydroxylation sites is 1. The van der Waals surface area contributed by atoms with E-state index >= 15 is 0 Å². The molecule has 2 rings (SSSR count). The van der Waals surface area contributed by atoms with Crippen molar-refractivity contribution in [2.45, 2.75) is 40.2 Å². The summed E-state index contributed by atoms with van der Waals surface area (Å²) in [6.07, 6.45) is 1.00. The van der Waals surface area contributed by atoms with E-state index in [1.807, 2.05) is 13.0 Å². The first-order valence-electron chi connectivity index (χ1n) is 6.68. The standard InChI is InChI=1S/C15H20N2O2/c1-5-12(9(2)3)17-10(4)16-14-11(15(18)19)7-6-8-13(14)17/h6-9,12H,5H2,1-4H3,(H,18,19). The lowest BCUT2D eigenvalue weighted by Gasteiger charge is -2.23. The van der Waals surface area contributed by atoms with Crippen molar-refractivity contribution in [3.63, 3.8) is 0 Å². The van der Waals surface area contributed by atoms with Crippen molar-refractivity contribution in [3.8, 4) is 0 Å². The van der Waals surface area contributed by atoms with E-state index in [0.717, 1.165) is 17.8 Å². The highest BCUT2D eigenvalue weighted by Crippen LogP contribution is 2.29. The Balaban J connectivity index is 2.72. The number of imidazole rings is 1. The summed E-state index contributed by atoms with van der Waals surface area (Å²) in [6.45, 7) is 8.45. The fraction of sp³-hybridized carbons (Fsp3) is 0.467. The van der Waals surface area contributed by atoms with Crippen LogP contribution in [0.3, 0.4) is 0 Å². The molecule has 2 aromatic rings. The molecule has 0 aliphatic rings. The molecule has 0 spiro atoms. The molecule has 1 unspecified atom stereocenters. The Morgan fingerprint density at radius 2 is 2.11 bits per heavy atom. The average Bonchev–Trinajstić information content (AvgIpc) is 2.66. The fourth-order valence-corrected chi connectivity index (χ4v) is 2.78. The summed E-state index contributed by atoms with van der Waals surface area (Å²) in [5, 5.41) is 9.24. The number of hydrogen-bond acceptors (Lipinski definition) is 2. The lowest BCUT2D eigenvalue weighted by atomic mass is 10.0. The summed E-state index contributed by atoms with van der Waals surface area (Å²) < 4.78 is 2.17. The predicted octanol–water partition coefficient (Wildman–Crippen LogP) is 3.65. The normalized spacial score (nSPS) is 13.1. The molecule has 4 nitrogen and oxygen atoms in total. The minimum Gasteiger partial charge on any atom is -0.478 e. The van der Waals surface area contributed by atoms with Crippen LogP contribution in [0.5, 0.6) is 0 Å². The maximum absolute atomic E-state index is 11.3. The van der Waals surface area contributed by atoms with Gasteiger partial charge in [0.05, 0.1) is 11.1 Å². The summed E-state index contributed by atoms with van der Waals surface area (Å²) in [5.41, 5.74) is 1.78. The van der Waals surface area contributed by atoms with Gasteiger partial charge in [0.25, 0.3) is 0 Å². The van der Waals surface area contributed by atoms with Gasteiger partial charge in [-0.05, 0) is 31.4 Å². The molecule has 0 aliphatic carbocycles. The molecule has 4 heteroatoms. The van der Waals surface area contributed by atoms with E-state index in [-0.39, 0.29) is 5.56 Å². The molecular weight excluding hydrogens is 240 g/mol. The number of hydrogen-bond donors (Lipinski definition) is 1. The van der Waals surface area contributed by atoms with Crippen LogP contribution in [0.2, 0.25) is 0 Å². The maximum Gasteiger partial charge on any atom is 0.337 e. The Bertz CT molecular complexity index is 614. The second-order valence-corrected chi connectivity index (χ2v) is 5.23. The molecular formula is C15H20N2O2. The van der Waals surface area contributed by atoms with Crippen LogP contribution < -0.4 is 0 Å². The van der Waals surface area contributed by atoms with E-state index in [2.05, 4.69) is 30.3 Å². The third-order valence-electron chi connectivity index (χ3n) is 3.65. The minimum absolute atomic E-state index is 0.276. The lowest BCUT2D eigenvalue weighted by molar-refractivity contribution is 0.0699. The van der Waals surface area contributed by atoms with Gasteiger partial charge in [-0.1, -0.05) is 26.8 Å². The van der Waals surface area contributed by atoms with Crippen molar-refractivity contribution in [1.82, 2.24) is 9.55 Å². The molecule has 19 heavy (non-hydrogen) atoms. The molecule has 1 N–H and O–H groups in total. The first-order valence-corrected chi connectivity index (χ1v) is 6.68. The third kappa shape index (κ3) is 2.23. The van der Waals surface area contributed by atoms with Crippen molar-refractivity contribution in [2.24, 2.45) is 5.92 Å². The monoisotopic (exact) mass is 260 g/mol. The number of fused-ring (bicyclic) bond motifs is 1.